The lowest BCUT2D eigenvalue weighted by atomic mass is 9.89. The van der Waals surface area contributed by atoms with Crippen molar-refractivity contribution in [3.63, 3.8) is 0 Å². The minimum Gasteiger partial charge on any atom is -0.447 e. The van der Waals surface area contributed by atoms with E-state index in [0.29, 0.717) is 57.9 Å². The van der Waals surface area contributed by atoms with Crippen molar-refractivity contribution in [2.75, 3.05) is 65.8 Å². The zero-order valence-corrected chi connectivity index (χ0v) is 36.2. The largest absolute Gasteiger partial charge is 0.447 e. The SMILES string of the molecule is C[C@@H](COC(=O)NCCOCCN1C(=O)C=CC1=O)NC(=O)N(CC1CCN(C(=O)OC(C)(C)C)C1)[C@@H](c1nc(-c2cc(F)ccc2F)cn1Cc1ccccc1)C1CCOCC1. The predicted molar refractivity (Wildman–Crippen MR) is 226 cm³/mol. The van der Waals surface area contributed by atoms with Crippen LogP contribution < -0.4 is 10.6 Å². The number of nitrogens with one attached hydrogen (secondary N) is 2. The Hall–Kier alpha value is -5.88. The Kier molecular flexibility index (Phi) is 15.9. The molecule has 2 aromatic carbocycles. The molecule has 18 heteroatoms. The van der Waals surface area contributed by atoms with E-state index >= 15 is 4.39 Å². The third kappa shape index (κ3) is 13.1. The molecule has 0 bridgehead atoms. The fourth-order valence-corrected chi connectivity index (χ4v) is 7.83. The van der Waals surface area contributed by atoms with E-state index in [2.05, 4.69) is 10.6 Å². The Morgan fingerprint density at radius 3 is 2.44 bits per heavy atom. The number of nitrogens with zero attached hydrogens (tertiary/aromatic N) is 5. The number of aromatic nitrogens is 2. The first-order chi connectivity index (χ1) is 30.1. The maximum atomic E-state index is 15.4. The fourth-order valence-electron chi connectivity index (χ4n) is 7.83. The molecule has 63 heavy (non-hydrogen) atoms. The Labute approximate surface area is 365 Å². The van der Waals surface area contributed by atoms with Gasteiger partial charge >= 0.3 is 18.2 Å². The number of urea groups is 1. The molecule has 4 heterocycles. The number of alkyl carbamates (subject to hydrolysis) is 1. The Morgan fingerprint density at radius 2 is 1.73 bits per heavy atom. The molecule has 1 aromatic heterocycles. The van der Waals surface area contributed by atoms with E-state index in [1.165, 1.54) is 12.2 Å². The molecule has 3 aliphatic heterocycles. The monoisotopic (exact) mass is 877 g/mol. The van der Waals surface area contributed by atoms with Gasteiger partial charge in [0.2, 0.25) is 0 Å². The van der Waals surface area contributed by atoms with Crippen LogP contribution in [-0.2, 0) is 35.1 Å². The van der Waals surface area contributed by atoms with Crippen LogP contribution in [-0.4, -0.2) is 132 Å². The molecular weight excluding hydrogens is 821 g/mol. The number of carbonyl (C=O) groups is 5. The number of ether oxygens (including phenoxy) is 4. The van der Waals surface area contributed by atoms with Gasteiger partial charge < -0.3 is 43.9 Å². The molecule has 0 aliphatic carbocycles. The van der Waals surface area contributed by atoms with Crippen LogP contribution in [0.4, 0.5) is 23.2 Å². The standard InChI is InChI=1S/C45H57F2N7O9/c1-30(29-62-43(58)48-17-22-61-23-19-53-38(55)12-13-39(53)56)49-42(57)54(27-32-14-18-51(26-32)44(59)63-45(2,3)4)40(33-15-20-60-21-16-33)41-50-37(35-24-34(46)10-11-36(35)47)28-52(41)25-31-8-6-5-7-9-31/h5-13,24,28,30,32-33,40H,14-23,25-27,29H2,1-4H3,(H,48,58)(H,49,57)/t30-,32?,40+/m0/s1. The summed E-state index contributed by atoms with van der Waals surface area (Å²) in [5, 5.41) is 5.60. The summed E-state index contributed by atoms with van der Waals surface area (Å²) in [5.74, 6) is -1.92. The van der Waals surface area contributed by atoms with E-state index in [4.69, 9.17) is 23.9 Å². The van der Waals surface area contributed by atoms with Gasteiger partial charge in [0.15, 0.2) is 0 Å². The zero-order valence-electron chi connectivity index (χ0n) is 36.2. The summed E-state index contributed by atoms with van der Waals surface area (Å²) in [6, 6.07) is 11.0. The van der Waals surface area contributed by atoms with Crippen LogP contribution in [0.5, 0.6) is 0 Å². The second-order valence-electron chi connectivity index (χ2n) is 17.0. The Morgan fingerprint density at radius 1 is 1.00 bits per heavy atom. The van der Waals surface area contributed by atoms with Crippen molar-refractivity contribution in [3.8, 4) is 11.3 Å². The van der Waals surface area contributed by atoms with Crippen LogP contribution in [0, 0.1) is 23.5 Å². The van der Waals surface area contributed by atoms with Gasteiger partial charge in [-0.05, 0) is 82.6 Å². The summed E-state index contributed by atoms with van der Waals surface area (Å²) < 4.78 is 54.2. The fraction of sp³-hybridized carbons (Fsp3) is 0.511. The average molecular weight is 878 g/mol. The molecule has 3 aromatic rings. The number of halogens is 2. The number of imidazole rings is 1. The van der Waals surface area contributed by atoms with Crippen LogP contribution in [0.15, 0.2) is 66.9 Å². The molecule has 3 aliphatic rings. The number of amides is 6. The van der Waals surface area contributed by atoms with Gasteiger partial charge in [-0.3, -0.25) is 14.5 Å². The normalized spacial score (nSPS) is 17.8. The lowest BCUT2D eigenvalue weighted by Crippen LogP contribution is -2.51. The first-order valence-electron chi connectivity index (χ1n) is 21.4. The van der Waals surface area contributed by atoms with Gasteiger partial charge in [-0.1, -0.05) is 30.3 Å². The summed E-state index contributed by atoms with van der Waals surface area (Å²) in [6.07, 6.45) is 4.66. The molecule has 2 saturated heterocycles. The van der Waals surface area contributed by atoms with E-state index in [1.54, 1.807) is 43.7 Å². The van der Waals surface area contributed by atoms with Gasteiger partial charge in [0.25, 0.3) is 11.8 Å². The summed E-state index contributed by atoms with van der Waals surface area (Å²) in [4.78, 5) is 73.4. The van der Waals surface area contributed by atoms with Gasteiger partial charge in [-0.2, -0.15) is 0 Å². The lowest BCUT2D eigenvalue weighted by Gasteiger charge is -2.40. The van der Waals surface area contributed by atoms with E-state index in [-0.39, 0.29) is 62.5 Å². The van der Waals surface area contributed by atoms with Crippen molar-refractivity contribution in [1.29, 1.82) is 0 Å². The van der Waals surface area contributed by atoms with Crippen molar-refractivity contribution < 1.29 is 51.7 Å². The second kappa shape index (κ2) is 21.5. The van der Waals surface area contributed by atoms with Crippen LogP contribution >= 0.6 is 0 Å². The van der Waals surface area contributed by atoms with Crippen LogP contribution in [0.25, 0.3) is 11.3 Å². The van der Waals surface area contributed by atoms with E-state index in [0.717, 1.165) is 28.7 Å². The van der Waals surface area contributed by atoms with Crippen LogP contribution in [0.1, 0.15) is 64.4 Å². The third-order valence-electron chi connectivity index (χ3n) is 10.9. The number of benzene rings is 2. The molecule has 16 nitrogen and oxygen atoms in total. The number of hydrogen-bond acceptors (Lipinski definition) is 10. The van der Waals surface area contributed by atoms with E-state index < -0.39 is 59.4 Å². The second-order valence-corrected chi connectivity index (χ2v) is 17.0. The number of likely N-dealkylation sites (tertiary alicyclic amines) is 1. The van der Waals surface area contributed by atoms with Crippen molar-refractivity contribution >= 4 is 30.0 Å². The smallest absolute Gasteiger partial charge is 0.410 e. The van der Waals surface area contributed by atoms with Gasteiger partial charge in [0.05, 0.1) is 37.5 Å². The zero-order chi connectivity index (χ0) is 45.1. The molecule has 340 valence electrons. The summed E-state index contributed by atoms with van der Waals surface area (Å²) in [6.45, 7) is 9.51. The highest BCUT2D eigenvalue weighted by Gasteiger charge is 2.40. The van der Waals surface area contributed by atoms with E-state index in [1.807, 2.05) is 34.9 Å². The first kappa shape index (κ1) is 46.6. The molecule has 2 fully saturated rings. The highest BCUT2D eigenvalue weighted by Crippen LogP contribution is 2.38. The van der Waals surface area contributed by atoms with Gasteiger partial charge in [0, 0.05) is 69.8 Å². The van der Waals surface area contributed by atoms with Gasteiger partial charge in [-0.25, -0.2) is 28.1 Å². The van der Waals surface area contributed by atoms with Crippen molar-refractivity contribution in [1.82, 2.24) is 34.9 Å². The summed E-state index contributed by atoms with van der Waals surface area (Å²) in [7, 11) is 0. The maximum absolute atomic E-state index is 15.4. The summed E-state index contributed by atoms with van der Waals surface area (Å²) in [5.41, 5.74) is 0.427. The molecular formula is C45H57F2N7O9. The van der Waals surface area contributed by atoms with Crippen LogP contribution in [0.3, 0.4) is 0 Å². The highest BCUT2D eigenvalue weighted by atomic mass is 19.1. The number of carbonyl (C=O) groups excluding carboxylic acids is 5. The number of rotatable bonds is 17. The highest BCUT2D eigenvalue weighted by molar-refractivity contribution is 6.12. The number of hydrogen-bond donors (Lipinski definition) is 2. The average Bonchev–Trinajstić information content (AvgIpc) is 3.98. The Balaban J connectivity index is 1.22. The number of imide groups is 1. The van der Waals surface area contributed by atoms with E-state index in [9.17, 15) is 28.4 Å². The Bertz CT molecular complexity index is 2090. The van der Waals surface area contributed by atoms with Crippen molar-refractivity contribution in [2.24, 2.45) is 11.8 Å². The molecule has 3 atom stereocenters. The lowest BCUT2D eigenvalue weighted by molar-refractivity contribution is -0.137. The predicted octanol–water partition coefficient (Wildman–Crippen LogP) is 5.67. The van der Waals surface area contributed by atoms with Gasteiger partial charge in [0.1, 0.15) is 29.7 Å². The van der Waals surface area contributed by atoms with Gasteiger partial charge in [-0.15, -0.1) is 0 Å². The topological polar surface area (TPSA) is 174 Å². The maximum Gasteiger partial charge on any atom is 0.410 e. The molecule has 6 amide bonds. The molecule has 6 rings (SSSR count). The minimum absolute atomic E-state index is 0.0168. The molecule has 2 N–H and O–H groups in total. The van der Waals surface area contributed by atoms with Crippen LogP contribution in [0.2, 0.25) is 0 Å². The quantitative estimate of drug-likeness (QED) is 0.127. The molecule has 0 saturated carbocycles. The first-order valence-corrected chi connectivity index (χ1v) is 21.4. The molecule has 0 spiro atoms. The van der Waals surface area contributed by atoms with Crippen molar-refractivity contribution in [3.05, 3.63) is 89.9 Å². The molecule has 0 radical (unpaired) electrons. The summed E-state index contributed by atoms with van der Waals surface area (Å²) >= 11 is 0. The minimum atomic E-state index is -0.737. The molecule has 1 unspecified atom stereocenters. The third-order valence-corrected chi connectivity index (χ3v) is 10.9. The van der Waals surface area contributed by atoms with Crippen molar-refractivity contribution in [2.45, 2.75) is 71.2 Å².